The van der Waals surface area contributed by atoms with Gasteiger partial charge in [0.15, 0.2) is 0 Å². The van der Waals surface area contributed by atoms with E-state index in [0.717, 1.165) is 12.8 Å². The van der Waals surface area contributed by atoms with Crippen molar-refractivity contribution in [3.8, 4) is 12.1 Å². The molecule has 0 fully saturated rings. The van der Waals surface area contributed by atoms with Crippen LogP contribution in [0.2, 0.25) is 0 Å². The summed E-state index contributed by atoms with van der Waals surface area (Å²) in [6, 6.07) is 13.0. The standard InChI is InChI=1S/C16H17N3/c1-19-12-13(6-4-10-17)14-7-2-3-8-15(14)16(19)9-5-11-18/h2-3,7-8,12,16H,4-6,9H2,1H3. The van der Waals surface area contributed by atoms with Crippen LogP contribution in [0, 0.1) is 22.7 Å². The summed E-state index contributed by atoms with van der Waals surface area (Å²) < 4.78 is 0. The molecule has 0 aliphatic carbocycles. The molecule has 0 N–H and O–H groups in total. The molecule has 1 unspecified atom stereocenters. The number of hydrogen-bond acceptors (Lipinski definition) is 3. The summed E-state index contributed by atoms with van der Waals surface area (Å²) in [7, 11) is 2.05. The minimum Gasteiger partial charge on any atom is -0.373 e. The fourth-order valence-corrected chi connectivity index (χ4v) is 2.65. The topological polar surface area (TPSA) is 50.8 Å². The van der Waals surface area contributed by atoms with Gasteiger partial charge in [0, 0.05) is 26.1 Å². The van der Waals surface area contributed by atoms with Crippen molar-refractivity contribution in [2.24, 2.45) is 0 Å². The molecule has 1 heterocycles. The highest BCUT2D eigenvalue weighted by atomic mass is 15.1. The monoisotopic (exact) mass is 251 g/mol. The zero-order valence-corrected chi connectivity index (χ0v) is 11.1. The van der Waals surface area contributed by atoms with Crippen molar-refractivity contribution >= 4 is 5.57 Å². The minimum atomic E-state index is 0.265. The van der Waals surface area contributed by atoms with Gasteiger partial charge in [0.1, 0.15) is 0 Å². The normalized spacial score (nSPS) is 17.1. The van der Waals surface area contributed by atoms with Crippen LogP contribution in [0.25, 0.3) is 5.57 Å². The lowest BCUT2D eigenvalue weighted by atomic mass is 9.87. The van der Waals surface area contributed by atoms with Crippen LogP contribution in [0.4, 0.5) is 0 Å². The number of fused-ring (bicyclic) bond motifs is 1. The van der Waals surface area contributed by atoms with E-state index in [9.17, 15) is 0 Å². The minimum absolute atomic E-state index is 0.265. The molecule has 0 spiro atoms. The maximum Gasteiger partial charge on any atom is 0.0625 e. The summed E-state index contributed by atoms with van der Waals surface area (Å²) in [4.78, 5) is 2.17. The Balaban J connectivity index is 2.33. The molecule has 1 aromatic carbocycles. The lowest BCUT2D eigenvalue weighted by Crippen LogP contribution is -2.24. The van der Waals surface area contributed by atoms with Crippen molar-refractivity contribution in [1.29, 1.82) is 10.5 Å². The van der Waals surface area contributed by atoms with E-state index in [1.54, 1.807) is 0 Å². The van der Waals surface area contributed by atoms with Crippen LogP contribution >= 0.6 is 0 Å². The fraction of sp³-hybridized carbons (Fsp3) is 0.375. The maximum absolute atomic E-state index is 8.78. The van der Waals surface area contributed by atoms with Gasteiger partial charge in [-0.3, -0.25) is 0 Å². The molecule has 3 heteroatoms. The molecule has 0 radical (unpaired) electrons. The van der Waals surface area contributed by atoms with Gasteiger partial charge in [0.05, 0.1) is 18.2 Å². The van der Waals surface area contributed by atoms with Crippen LogP contribution in [0.1, 0.15) is 42.9 Å². The van der Waals surface area contributed by atoms with Gasteiger partial charge in [0.25, 0.3) is 0 Å². The van der Waals surface area contributed by atoms with Crippen molar-refractivity contribution in [1.82, 2.24) is 4.90 Å². The molecule has 96 valence electrons. The second-order valence-corrected chi connectivity index (χ2v) is 4.78. The van der Waals surface area contributed by atoms with Gasteiger partial charge in [-0.25, -0.2) is 0 Å². The van der Waals surface area contributed by atoms with Gasteiger partial charge >= 0.3 is 0 Å². The average Bonchev–Trinajstić information content (AvgIpc) is 2.44. The van der Waals surface area contributed by atoms with E-state index in [2.05, 4.69) is 35.4 Å². The molecule has 0 bridgehead atoms. The zero-order chi connectivity index (χ0) is 13.7. The van der Waals surface area contributed by atoms with E-state index in [1.165, 1.54) is 16.7 Å². The summed E-state index contributed by atoms with van der Waals surface area (Å²) in [5, 5.41) is 17.5. The molecular formula is C16H17N3. The third-order valence-electron chi connectivity index (χ3n) is 3.55. The summed E-state index contributed by atoms with van der Waals surface area (Å²) in [6.07, 6.45) is 4.85. The van der Waals surface area contributed by atoms with Crippen LogP contribution < -0.4 is 0 Å². The van der Waals surface area contributed by atoms with Crippen LogP contribution in [0.3, 0.4) is 0 Å². The first kappa shape index (κ1) is 13.2. The van der Waals surface area contributed by atoms with Crippen molar-refractivity contribution in [3.63, 3.8) is 0 Å². The Bertz CT molecular complexity index is 560. The molecule has 1 aliphatic heterocycles. The number of allylic oxidation sites excluding steroid dienone is 1. The number of rotatable bonds is 4. The van der Waals surface area contributed by atoms with Crippen LogP contribution in [-0.2, 0) is 0 Å². The predicted molar refractivity (Wildman–Crippen MR) is 74.6 cm³/mol. The fourth-order valence-electron chi connectivity index (χ4n) is 2.65. The molecule has 1 atom stereocenters. The van der Waals surface area contributed by atoms with E-state index < -0.39 is 0 Å². The van der Waals surface area contributed by atoms with Crippen LogP contribution in [0.15, 0.2) is 30.5 Å². The second kappa shape index (κ2) is 6.07. The lowest BCUT2D eigenvalue weighted by molar-refractivity contribution is 0.316. The average molecular weight is 251 g/mol. The molecule has 0 amide bonds. The summed E-state index contributed by atoms with van der Waals surface area (Å²) in [5.74, 6) is 0. The quantitative estimate of drug-likeness (QED) is 0.821. The van der Waals surface area contributed by atoms with Gasteiger partial charge in [0.2, 0.25) is 0 Å². The van der Waals surface area contributed by atoms with Gasteiger partial charge in [-0.2, -0.15) is 10.5 Å². The lowest BCUT2D eigenvalue weighted by Gasteiger charge is -2.34. The van der Waals surface area contributed by atoms with E-state index in [-0.39, 0.29) is 6.04 Å². The second-order valence-electron chi connectivity index (χ2n) is 4.78. The first-order chi connectivity index (χ1) is 9.27. The van der Waals surface area contributed by atoms with Gasteiger partial charge < -0.3 is 4.90 Å². The van der Waals surface area contributed by atoms with Gasteiger partial charge in [-0.05, 0) is 29.5 Å². The number of nitrogens with zero attached hydrogens (tertiary/aromatic N) is 3. The summed E-state index contributed by atoms with van der Waals surface area (Å²) in [5.41, 5.74) is 3.72. The zero-order valence-electron chi connectivity index (χ0n) is 11.1. The summed E-state index contributed by atoms with van der Waals surface area (Å²) >= 11 is 0. The number of nitriles is 2. The van der Waals surface area contributed by atoms with E-state index in [0.29, 0.717) is 12.8 Å². The number of benzene rings is 1. The van der Waals surface area contributed by atoms with Crippen molar-refractivity contribution in [2.75, 3.05) is 7.05 Å². The third kappa shape index (κ3) is 2.77. The molecule has 2 rings (SSSR count). The Kier molecular flexibility index (Phi) is 4.21. The SMILES string of the molecule is CN1C=C(CCC#N)c2ccccc2C1CCC#N. The van der Waals surface area contributed by atoms with Crippen molar-refractivity contribution in [2.45, 2.75) is 31.7 Å². The Morgan fingerprint density at radius 2 is 1.89 bits per heavy atom. The summed E-state index contributed by atoms with van der Waals surface area (Å²) in [6.45, 7) is 0. The third-order valence-corrected chi connectivity index (χ3v) is 3.55. The van der Waals surface area contributed by atoms with Gasteiger partial charge in [-0.1, -0.05) is 24.3 Å². The molecule has 3 nitrogen and oxygen atoms in total. The van der Waals surface area contributed by atoms with Crippen LogP contribution in [-0.4, -0.2) is 11.9 Å². The molecule has 1 aliphatic rings. The number of hydrogen-bond donors (Lipinski definition) is 0. The highest BCUT2D eigenvalue weighted by Gasteiger charge is 2.24. The van der Waals surface area contributed by atoms with E-state index in [4.69, 9.17) is 10.5 Å². The largest absolute Gasteiger partial charge is 0.373 e. The molecule has 0 saturated heterocycles. The van der Waals surface area contributed by atoms with Crippen molar-refractivity contribution in [3.05, 3.63) is 41.6 Å². The predicted octanol–water partition coefficient (Wildman–Crippen LogP) is 3.62. The van der Waals surface area contributed by atoms with Crippen molar-refractivity contribution < 1.29 is 0 Å². The maximum atomic E-state index is 8.78. The Labute approximate surface area is 114 Å². The Hall–Kier alpha value is -2.26. The van der Waals surface area contributed by atoms with E-state index >= 15 is 0 Å². The highest BCUT2D eigenvalue weighted by molar-refractivity contribution is 5.70. The Morgan fingerprint density at radius 1 is 1.16 bits per heavy atom. The molecule has 0 saturated carbocycles. The molecule has 19 heavy (non-hydrogen) atoms. The molecule has 1 aromatic rings. The molecule has 0 aromatic heterocycles. The van der Waals surface area contributed by atoms with Crippen LogP contribution in [0.5, 0.6) is 0 Å². The Morgan fingerprint density at radius 3 is 2.63 bits per heavy atom. The first-order valence-electron chi connectivity index (χ1n) is 6.53. The molecular weight excluding hydrogens is 234 g/mol. The smallest absolute Gasteiger partial charge is 0.0625 e. The first-order valence-corrected chi connectivity index (χ1v) is 6.53. The highest BCUT2D eigenvalue weighted by Crippen LogP contribution is 2.37. The van der Waals surface area contributed by atoms with Gasteiger partial charge in [-0.15, -0.1) is 0 Å². The van der Waals surface area contributed by atoms with E-state index in [1.807, 2.05) is 19.2 Å².